The molecule has 3 aromatic carbocycles. The normalized spacial score (nSPS) is 21.3. The maximum absolute atomic E-state index is 14.5. The van der Waals surface area contributed by atoms with Crippen molar-refractivity contribution in [2.75, 3.05) is 13.2 Å². The lowest BCUT2D eigenvalue weighted by Gasteiger charge is -2.44. The van der Waals surface area contributed by atoms with E-state index in [1.54, 1.807) is 23.6 Å². The number of hydrogen-bond donors (Lipinski definition) is 1. The predicted molar refractivity (Wildman–Crippen MR) is 225 cm³/mol. The molecular formula is C47H47FN2O5SSi. The van der Waals surface area contributed by atoms with Gasteiger partial charge in [-0.1, -0.05) is 99.6 Å². The Morgan fingerprint density at radius 1 is 0.947 bits per heavy atom. The zero-order valence-electron chi connectivity index (χ0n) is 32.4. The Morgan fingerprint density at radius 2 is 1.67 bits per heavy atom. The number of carbonyl (C=O) groups excluding carboxylic acids is 2. The fraction of sp³-hybridized carbons (Fsp3) is 0.298. The minimum absolute atomic E-state index is 0.120. The van der Waals surface area contributed by atoms with Gasteiger partial charge < -0.3 is 14.3 Å². The molecule has 3 aliphatic rings. The fourth-order valence-electron chi connectivity index (χ4n) is 9.27. The summed E-state index contributed by atoms with van der Waals surface area (Å²) in [4.78, 5) is 35.6. The zero-order chi connectivity index (χ0) is 39.7. The van der Waals surface area contributed by atoms with Crippen molar-refractivity contribution < 1.29 is 28.2 Å². The maximum atomic E-state index is 14.5. The second kappa shape index (κ2) is 16.1. The molecule has 2 fully saturated rings. The number of nitrogens with zero attached hydrogens (tertiary/aromatic N) is 2. The molecule has 1 aliphatic carbocycles. The molecule has 0 radical (unpaired) electrons. The van der Waals surface area contributed by atoms with Crippen molar-refractivity contribution in [3.8, 4) is 5.75 Å². The number of hydrogen-bond acceptors (Lipinski definition) is 7. The first-order valence-electron chi connectivity index (χ1n) is 19.6. The molecule has 2 amide bonds. The molecular weight excluding hydrogens is 752 g/mol. The van der Waals surface area contributed by atoms with Crippen molar-refractivity contribution in [3.63, 3.8) is 0 Å². The number of amides is 2. The number of aromatic hydroxyl groups is 1. The van der Waals surface area contributed by atoms with Crippen LogP contribution in [0.15, 0.2) is 132 Å². The molecule has 2 saturated heterocycles. The second-order valence-corrected chi connectivity index (χ2v) is 21.6. The van der Waals surface area contributed by atoms with E-state index in [9.17, 15) is 19.1 Å². The summed E-state index contributed by atoms with van der Waals surface area (Å²) in [5.74, 6) is -2.58. The molecule has 0 saturated carbocycles. The van der Waals surface area contributed by atoms with E-state index in [0.717, 1.165) is 27.3 Å². The molecule has 4 atom stereocenters. The monoisotopic (exact) mass is 798 g/mol. The average Bonchev–Trinajstić information content (AvgIpc) is 3.95. The molecule has 2 aliphatic heterocycles. The molecule has 2 aromatic heterocycles. The third-order valence-electron chi connectivity index (χ3n) is 11.9. The van der Waals surface area contributed by atoms with E-state index in [1.165, 1.54) is 27.4 Å². The minimum atomic E-state index is -2.95. The largest absolute Gasteiger partial charge is 0.505 e. The highest BCUT2D eigenvalue weighted by atomic mass is 32.1. The van der Waals surface area contributed by atoms with Crippen molar-refractivity contribution in [2.45, 2.75) is 57.7 Å². The summed E-state index contributed by atoms with van der Waals surface area (Å²) in [6, 6.07) is 35.0. The highest BCUT2D eigenvalue weighted by Gasteiger charge is 2.58. The Balaban J connectivity index is 1.18. The first kappa shape index (κ1) is 38.9. The van der Waals surface area contributed by atoms with Gasteiger partial charge in [0.15, 0.2) is 11.6 Å². The van der Waals surface area contributed by atoms with Crippen LogP contribution in [0, 0.1) is 23.6 Å². The molecule has 57 heavy (non-hydrogen) atoms. The van der Waals surface area contributed by atoms with Crippen LogP contribution in [0.5, 0.6) is 5.75 Å². The number of ether oxygens (including phenoxy) is 1. The van der Waals surface area contributed by atoms with Gasteiger partial charge in [-0.25, -0.2) is 4.39 Å². The molecule has 292 valence electrons. The minimum Gasteiger partial charge on any atom is -0.505 e. The molecule has 7 nitrogen and oxygen atoms in total. The van der Waals surface area contributed by atoms with E-state index in [4.69, 9.17) is 9.16 Å². The Hall–Kier alpha value is -5.00. The predicted octanol–water partition coefficient (Wildman–Crippen LogP) is 8.40. The second-order valence-electron chi connectivity index (χ2n) is 16.3. The van der Waals surface area contributed by atoms with Crippen molar-refractivity contribution in [3.05, 3.63) is 154 Å². The van der Waals surface area contributed by atoms with Crippen LogP contribution in [0.2, 0.25) is 5.04 Å². The quantitative estimate of drug-likeness (QED) is 0.0776. The first-order valence-corrected chi connectivity index (χ1v) is 22.4. The molecule has 4 heterocycles. The van der Waals surface area contributed by atoms with E-state index in [2.05, 4.69) is 74.3 Å². The smallest absolute Gasteiger partial charge is 0.261 e. The number of fused-ring (bicyclic) bond motifs is 3. The van der Waals surface area contributed by atoms with Crippen LogP contribution in [0.1, 0.15) is 56.2 Å². The maximum Gasteiger partial charge on any atom is 0.261 e. The lowest BCUT2D eigenvalue weighted by atomic mass is 9.69. The number of rotatable bonds is 12. The van der Waals surface area contributed by atoms with Crippen LogP contribution in [0.3, 0.4) is 0 Å². The van der Waals surface area contributed by atoms with Crippen LogP contribution < -0.4 is 10.4 Å². The molecule has 0 spiro atoms. The molecule has 5 aromatic rings. The number of likely N-dealkylation sites (tertiary alicyclic amines) is 1. The fourth-order valence-corrected chi connectivity index (χ4v) is 14.5. The standard InChI is InChI=1S/C47H47FN2O5SSi/c1-47(2,3)57(35-14-6-4-7-15-35,36-16-8-5-9-17-36)55-29-33-27-37-44(46(53)50(45(37)52)28-34-13-12-24-56-34)38-30-54-42(43(33)38)22-20-32(40-18-10-11-23-49-40)25-31-19-21-41(51)39(48)26-31/h4-19,21,23-26,37-38,42,44,51H,20,22,27-30H2,1-3H3/b32-25-/t37-,38+,42-,44-/m1/s1. The van der Waals surface area contributed by atoms with E-state index in [1.807, 2.05) is 53.9 Å². The SMILES string of the molecule is CC(C)(C)[Si](OCC1=C2[C@@H](CC/C(=C/c3ccc(O)c(F)c3)c3ccccn3)OC[C@@H]2[C@@H]2C(=O)N(Cc3cccs3)C(=O)[C@@H]2C1)(c1ccccc1)c1ccccc1. The summed E-state index contributed by atoms with van der Waals surface area (Å²) in [6.45, 7) is 7.69. The summed E-state index contributed by atoms with van der Waals surface area (Å²) in [5, 5.41) is 13.9. The van der Waals surface area contributed by atoms with Crippen LogP contribution in [0.25, 0.3) is 11.6 Å². The van der Waals surface area contributed by atoms with Gasteiger partial charge in [-0.3, -0.25) is 19.5 Å². The molecule has 0 bridgehead atoms. The number of allylic oxidation sites excluding steroid dienone is 1. The number of imide groups is 1. The number of benzene rings is 3. The van der Waals surface area contributed by atoms with E-state index >= 15 is 0 Å². The molecule has 0 unspecified atom stereocenters. The van der Waals surface area contributed by atoms with Gasteiger partial charge >= 0.3 is 0 Å². The molecule has 1 N–H and O–H groups in total. The Morgan fingerprint density at radius 3 is 2.30 bits per heavy atom. The summed E-state index contributed by atoms with van der Waals surface area (Å²) < 4.78 is 28.7. The number of pyridine rings is 1. The number of phenolic OH excluding ortho intramolecular Hbond substituents is 1. The van der Waals surface area contributed by atoms with Crippen molar-refractivity contribution in [2.24, 2.45) is 17.8 Å². The summed E-state index contributed by atoms with van der Waals surface area (Å²) in [7, 11) is -2.95. The van der Waals surface area contributed by atoms with Crippen LogP contribution in [0.4, 0.5) is 4.39 Å². The van der Waals surface area contributed by atoms with Gasteiger partial charge in [-0.15, -0.1) is 11.3 Å². The average molecular weight is 799 g/mol. The van der Waals surface area contributed by atoms with Crippen LogP contribution in [-0.2, 0) is 25.3 Å². The Kier molecular flexibility index (Phi) is 11.0. The molecule has 8 rings (SSSR count). The molecule has 10 heteroatoms. The number of carbonyl (C=O) groups is 2. The zero-order valence-corrected chi connectivity index (χ0v) is 34.3. The topological polar surface area (TPSA) is 89.0 Å². The number of thiophene rings is 1. The van der Waals surface area contributed by atoms with Gasteiger partial charge in [0.05, 0.1) is 43.4 Å². The van der Waals surface area contributed by atoms with Gasteiger partial charge in [0, 0.05) is 17.0 Å². The first-order chi connectivity index (χ1) is 27.5. The third-order valence-corrected chi connectivity index (χ3v) is 17.7. The number of phenols is 1. The van der Waals surface area contributed by atoms with Gasteiger partial charge in [0.1, 0.15) is 0 Å². The number of aromatic nitrogens is 1. The highest BCUT2D eigenvalue weighted by molar-refractivity contribution is 7.09. The van der Waals surface area contributed by atoms with Crippen molar-refractivity contribution >= 4 is 53.5 Å². The van der Waals surface area contributed by atoms with Crippen LogP contribution >= 0.6 is 11.3 Å². The van der Waals surface area contributed by atoms with E-state index in [0.29, 0.717) is 38.0 Å². The van der Waals surface area contributed by atoms with E-state index in [-0.39, 0.29) is 35.4 Å². The van der Waals surface area contributed by atoms with Crippen molar-refractivity contribution in [1.29, 1.82) is 0 Å². The highest BCUT2D eigenvalue weighted by Crippen LogP contribution is 2.51. The lowest BCUT2D eigenvalue weighted by Crippen LogP contribution is -2.66. The summed E-state index contributed by atoms with van der Waals surface area (Å²) in [6.07, 6.45) is 4.86. The van der Waals surface area contributed by atoms with E-state index < -0.39 is 31.7 Å². The van der Waals surface area contributed by atoms with Gasteiger partial charge in [-0.2, -0.15) is 0 Å². The van der Waals surface area contributed by atoms with Gasteiger partial charge in [-0.05, 0) is 98.7 Å². The van der Waals surface area contributed by atoms with Gasteiger partial charge in [0.25, 0.3) is 8.32 Å². The van der Waals surface area contributed by atoms with Gasteiger partial charge in [0.2, 0.25) is 11.8 Å². The third kappa shape index (κ3) is 7.47. The van der Waals surface area contributed by atoms with Crippen molar-refractivity contribution in [1.82, 2.24) is 9.88 Å². The lowest BCUT2D eigenvalue weighted by molar-refractivity contribution is -0.140. The van der Waals surface area contributed by atoms with Crippen LogP contribution in [-0.4, -0.2) is 54.4 Å². The Bertz CT molecular complexity index is 2250. The number of halogens is 1. The Labute approximate surface area is 338 Å². The summed E-state index contributed by atoms with van der Waals surface area (Å²) in [5.41, 5.74) is 4.37. The summed E-state index contributed by atoms with van der Waals surface area (Å²) >= 11 is 1.55.